The van der Waals surface area contributed by atoms with Gasteiger partial charge in [-0.25, -0.2) is 14.2 Å². The second-order valence-corrected chi connectivity index (χ2v) is 6.69. The molecule has 136 valence electrons. The maximum Gasteiger partial charge on any atom is 0.339 e. The van der Waals surface area contributed by atoms with Crippen LogP contribution in [0.4, 0.5) is 4.39 Å². The number of Topliss-reactive ketones (excluding diaryl/α,β-unsaturated/α-hetero) is 1. The Morgan fingerprint density at radius 2 is 1.85 bits per heavy atom. The van der Waals surface area contributed by atoms with Gasteiger partial charge in [-0.3, -0.25) is 4.79 Å². The van der Waals surface area contributed by atoms with Gasteiger partial charge in [0.2, 0.25) is 0 Å². The molecule has 1 heterocycles. The molecule has 1 aliphatic rings. The molecule has 1 aliphatic carbocycles. The van der Waals surface area contributed by atoms with Gasteiger partial charge in [0.25, 0.3) is 0 Å². The minimum absolute atomic E-state index is 0.0216. The van der Waals surface area contributed by atoms with E-state index in [4.69, 9.17) is 4.74 Å². The monoisotopic (exact) mass is 363 g/mol. The van der Waals surface area contributed by atoms with Gasteiger partial charge in [0.05, 0.1) is 16.8 Å². The van der Waals surface area contributed by atoms with E-state index in [1.54, 1.807) is 24.3 Å². The molecule has 1 fully saturated rings. The molecule has 27 heavy (non-hydrogen) atoms. The first kappa shape index (κ1) is 17.3. The second-order valence-electron chi connectivity index (χ2n) is 6.69. The van der Waals surface area contributed by atoms with Crippen LogP contribution in [0.2, 0.25) is 0 Å². The van der Waals surface area contributed by atoms with Crippen molar-refractivity contribution in [3.63, 3.8) is 0 Å². The summed E-state index contributed by atoms with van der Waals surface area (Å²) in [4.78, 5) is 29.5. The molecular formula is C22H18FNO3. The van der Waals surface area contributed by atoms with Gasteiger partial charge in [-0.1, -0.05) is 18.2 Å². The highest BCUT2D eigenvalue weighted by Crippen LogP contribution is 2.27. The SMILES string of the molecule is O=C(OC1CCCCC1=O)c1cc(-c2ccc(F)cc2)nc2ccccc12. The molecule has 4 rings (SSSR count). The second kappa shape index (κ2) is 7.27. The number of hydrogen-bond acceptors (Lipinski definition) is 4. The third-order valence-electron chi connectivity index (χ3n) is 4.82. The smallest absolute Gasteiger partial charge is 0.339 e. The molecule has 4 nitrogen and oxygen atoms in total. The number of aromatic nitrogens is 1. The van der Waals surface area contributed by atoms with Crippen LogP contribution in [0.1, 0.15) is 36.0 Å². The third kappa shape index (κ3) is 3.58. The number of halogens is 1. The first-order valence-electron chi connectivity index (χ1n) is 9.01. The van der Waals surface area contributed by atoms with E-state index < -0.39 is 12.1 Å². The number of pyridine rings is 1. The van der Waals surface area contributed by atoms with Crippen LogP contribution in [0, 0.1) is 5.82 Å². The number of ketones is 1. The van der Waals surface area contributed by atoms with E-state index in [9.17, 15) is 14.0 Å². The van der Waals surface area contributed by atoms with Gasteiger partial charge in [0.15, 0.2) is 11.9 Å². The zero-order chi connectivity index (χ0) is 18.8. The Balaban J connectivity index is 1.75. The van der Waals surface area contributed by atoms with Crippen molar-refractivity contribution in [2.45, 2.75) is 31.8 Å². The summed E-state index contributed by atoms with van der Waals surface area (Å²) in [6.45, 7) is 0. The molecule has 2 aromatic carbocycles. The lowest BCUT2D eigenvalue weighted by Crippen LogP contribution is -2.30. The predicted octanol–water partition coefficient (Wildman–Crippen LogP) is 4.71. The lowest BCUT2D eigenvalue weighted by molar-refractivity contribution is -0.129. The molecule has 0 N–H and O–H groups in total. The number of ether oxygens (including phenoxy) is 1. The van der Waals surface area contributed by atoms with Crippen molar-refractivity contribution in [1.82, 2.24) is 4.98 Å². The van der Waals surface area contributed by atoms with Crippen LogP contribution < -0.4 is 0 Å². The number of nitrogens with zero attached hydrogens (tertiary/aromatic N) is 1. The summed E-state index contributed by atoms with van der Waals surface area (Å²) >= 11 is 0. The fourth-order valence-corrected chi connectivity index (χ4v) is 3.38. The first-order chi connectivity index (χ1) is 13.1. The van der Waals surface area contributed by atoms with E-state index in [2.05, 4.69) is 4.98 Å². The van der Waals surface area contributed by atoms with Crippen molar-refractivity contribution in [3.8, 4) is 11.3 Å². The first-order valence-corrected chi connectivity index (χ1v) is 9.01. The topological polar surface area (TPSA) is 56.3 Å². The highest BCUT2D eigenvalue weighted by Gasteiger charge is 2.27. The molecule has 0 saturated heterocycles. The summed E-state index contributed by atoms with van der Waals surface area (Å²) in [5, 5.41) is 0.664. The normalized spacial score (nSPS) is 17.1. The minimum Gasteiger partial charge on any atom is -0.451 e. The Kier molecular flexibility index (Phi) is 4.67. The molecule has 3 aromatic rings. The highest BCUT2D eigenvalue weighted by molar-refractivity contribution is 6.05. The van der Waals surface area contributed by atoms with Crippen LogP contribution in [-0.2, 0) is 9.53 Å². The van der Waals surface area contributed by atoms with Crippen molar-refractivity contribution in [2.24, 2.45) is 0 Å². The van der Waals surface area contributed by atoms with Crippen molar-refractivity contribution in [2.75, 3.05) is 0 Å². The van der Waals surface area contributed by atoms with E-state index in [1.807, 2.05) is 18.2 Å². The molecule has 0 radical (unpaired) electrons. The van der Waals surface area contributed by atoms with Crippen molar-refractivity contribution in [3.05, 3.63) is 66.0 Å². The van der Waals surface area contributed by atoms with Crippen LogP contribution in [0.3, 0.4) is 0 Å². The fourth-order valence-electron chi connectivity index (χ4n) is 3.38. The Labute approximate surface area is 156 Å². The van der Waals surface area contributed by atoms with Gasteiger partial charge in [0.1, 0.15) is 5.82 Å². The van der Waals surface area contributed by atoms with E-state index in [-0.39, 0.29) is 11.6 Å². The number of fused-ring (bicyclic) bond motifs is 1. The van der Waals surface area contributed by atoms with E-state index in [1.165, 1.54) is 12.1 Å². The summed E-state index contributed by atoms with van der Waals surface area (Å²) in [6, 6.07) is 14.9. The predicted molar refractivity (Wildman–Crippen MR) is 99.8 cm³/mol. The third-order valence-corrected chi connectivity index (χ3v) is 4.82. The highest BCUT2D eigenvalue weighted by atomic mass is 19.1. The minimum atomic E-state index is -0.674. The van der Waals surface area contributed by atoms with Gasteiger partial charge >= 0.3 is 5.97 Å². The van der Waals surface area contributed by atoms with Gasteiger partial charge in [-0.15, -0.1) is 0 Å². The summed E-state index contributed by atoms with van der Waals surface area (Å²) in [6.07, 6.45) is 2.07. The van der Waals surface area contributed by atoms with Crippen LogP contribution in [0.25, 0.3) is 22.2 Å². The number of esters is 1. The number of carbonyl (C=O) groups is 2. The molecule has 1 saturated carbocycles. The van der Waals surface area contributed by atoms with E-state index in [0.29, 0.717) is 40.6 Å². The Morgan fingerprint density at radius 3 is 2.63 bits per heavy atom. The van der Waals surface area contributed by atoms with E-state index in [0.717, 1.165) is 12.8 Å². The molecule has 0 aliphatic heterocycles. The molecular weight excluding hydrogens is 345 g/mol. The van der Waals surface area contributed by atoms with Gasteiger partial charge in [-0.05, 0) is 55.7 Å². The van der Waals surface area contributed by atoms with Gasteiger partial charge in [-0.2, -0.15) is 0 Å². The Morgan fingerprint density at radius 1 is 1.07 bits per heavy atom. The summed E-state index contributed by atoms with van der Waals surface area (Å²) < 4.78 is 18.8. The molecule has 1 unspecified atom stereocenters. The average Bonchev–Trinajstić information content (AvgIpc) is 2.69. The molecule has 0 amide bonds. The van der Waals surface area contributed by atoms with Crippen LogP contribution >= 0.6 is 0 Å². The zero-order valence-corrected chi connectivity index (χ0v) is 14.7. The van der Waals surface area contributed by atoms with Crippen LogP contribution in [0.15, 0.2) is 54.6 Å². The Hall–Kier alpha value is -3.08. The quantitative estimate of drug-likeness (QED) is 0.633. The number of para-hydroxylation sites is 1. The van der Waals surface area contributed by atoms with Gasteiger partial charge in [0, 0.05) is 17.4 Å². The van der Waals surface area contributed by atoms with Crippen molar-refractivity contribution >= 4 is 22.7 Å². The number of benzene rings is 2. The maximum absolute atomic E-state index is 13.2. The van der Waals surface area contributed by atoms with Crippen LogP contribution in [0.5, 0.6) is 0 Å². The largest absolute Gasteiger partial charge is 0.451 e. The number of rotatable bonds is 3. The zero-order valence-electron chi connectivity index (χ0n) is 14.7. The summed E-state index contributed by atoms with van der Waals surface area (Å²) in [7, 11) is 0. The maximum atomic E-state index is 13.2. The molecule has 0 bridgehead atoms. The molecule has 0 spiro atoms. The lowest BCUT2D eigenvalue weighted by Gasteiger charge is -2.21. The van der Waals surface area contributed by atoms with Crippen LogP contribution in [-0.4, -0.2) is 22.8 Å². The molecule has 1 aromatic heterocycles. The average molecular weight is 363 g/mol. The Bertz CT molecular complexity index is 1010. The van der Waals surface area contributed by atoms with Crippen molar-refractivity contribution < 1.29 is 18.7 Å². The standard InChI is InChI=1S/C22H18FNO3/c23-15-11-9-14(10-12-15)19-13-17(16-5-1-2-6-18(16)24-19)22(26)27-21-8-4-3-7-20(21)25/h1-2,5-6,9-13,21H,3-4,7-8H2. The number of hydrogen-bond donors (Lipinski definition) is 0. The lowest BCUT2D eigenvalue weighted by atomic mass is 9.96. The van der Waals surface area contributed by atoms with E-state index >= 15 is 0 Å². The number of carbonyl (C=O) groups excluding carboxylic acids is 2. The van der Waals surface area contributed by atoms with Crippen molar-refractivity contribution in [1.29, 1.82) is 0 Å². The molecule has 5 heteroatoms. The molecule has 1 atom stereocenters. The summed E-state index contributed by atoms with van der Waals surface area (Å²) in [5.41, 5.74) is 2.25. The van der Waals surface area contributed by atoms with Gasteiger partial charge < -0.3 is 4.74 Å². The summed E-state index contributed by atoms with van der Waals surface area (Å²) in [5.74, 6) is -0.890. The fraction of sp³-hybridized carbons (Fsp3) is 0.227.